The van der Waals surface area contributed by atoms with Crippen LogP contribution in [0.4, 0.5) is 13.2 Å². The highest BCUT2D eigenvalue weighted by molar-refractivity contribution is 7.15. The Morgan fingerprint density at radius 3 is 2.59 bits per heavy atom. The summed E-state index contributed by atoms with van der Waals surface area (Å²) in [5.41, 5.74) is 3.02. The molecule has 0 radical (unpaired) electrons. The zero-order chi connectivity index (χ0) is 23.7. The summed E-state index contributed by atoms with van der Waals surface area (Å²) in [6.07, 6.45) is -1.78. The fraction of sp³-hybridized carbons (Fsp3) is 0.231. The van der Waals surface area contributed by atoms with Crippen LogP contribution in [0.3, 0.4) is 0 Å². The van der Waals surface area contributed by atoms with Crippen molar-refractivity contribution in [2.75, 3.05) is 13.7 Å². The van der Waals surface area contributed by atoms with Gasteiger partial charge in [0.05, 0.1) is 18.4 Å². The van der Waals surface area contributed by atoms with Crippen LogP contribution < -0.4 is 4.74 Å². The predicted octanol–water partition coefficient (Wildman–Crippen LogP) is 6.46. The predicted molar refractivity (Wildman–Crippen MR) is 127 cm³/mol. The summed E-state index contributed by atoms with van der Waals surface area (Å²) < 4.78 is 44.0. The molecule has 1 aliphatic rings. The van der Waals surface area contributed by atoms with E-state index in [1.165, 1.54) is 21.9 Å². The number of rotatable bonds is 5. The standard InChI is InChI=1S/C26H22F3N3OS/c1-33-23-5-3-2-4-21(23)24-11-10-20(34-24)16-32-13-12-22-18(15-32)14-30-25(31-22)17-6-8-19(9-7-17)26(27,28)29/h2-11,14H,12-13,15-16H2,1H3. The van der Waals surface area contributed by atoms with Gasteiger partial charge in [-0.05, 0) is 36.4 Å². The molecule has 5 rings (SSSR count). The van der Waals surface area contributed by atoms with Crippen molar-refractivity contribution in [3.8, 4) is 27.6 Å². The molecular formula is C26H22F3N3OS. The molecule has 0 atom stereocenters. The minimum Gasteiger partial charge on any atom is -0.496 e. The van der Waals surface area contributed by atoms with E-state index < -0.39 is 11.7 Å². The summed E-state index contributed by atoms with van der Waals surface area (Å²) in [5, 5.41) is 0. The Labute approximate surface area is 199 Å². The molecule has 0 N–H and O–H groups in total. The number of para-hydroxylation sites is 1. The van der Waals surface area contributed by atoms with Crippen molar-refractivity contribution < 1.29 is 17.9 Å². The molecule has 0 fully saturated rings. The average Bonchev–Trinajstić information content (AvgIpc) is 3.31. The lowest BCUT2D eigenvalue weighted by molar-refractivity contribution is -0.137. The number of halogens is 3. The first-order chi connectivity index (χ1) is 16.4. The molecule has 0 unspecified atom stereocenters. The molecule has 0 saturated heterocycles. The molecule has 4 aromatic rings. The third-order valence-electron chi connectivity index (χ3n) is 5.90. The van der Waals surface area contributed by atoms with Gasteiger partial charge in [-0.3, -0.25) is 4.90 Å². The molecule has 0 saturated carbocycles. The first kappa shape index (κ1) is 22.6. The number of methoxy groups -OCH3 is 1. The quantitative estimate of drug-likeness (QED) is 0.328. The van der Waals surface area contributed by atoms with Crippen molar-refractivity contribution in [3.63, 3.8) is 0 Å². The molecule has 2 aromatic heterocycles. The average molecular weight is 482 g/mol. The number of alkyl halides is 3. The molecule has 174 valence electrons. The van der Waals surface area contributed by atoms with Crippen molar-refractivity contribution >= 4 is 11.3 Å². The highest BCUT2D eigenvalue weighted by atomic mass is 32.1. The van der Waals surface area contributed by atoms with Gasteiger partial charge in [0, 0.05) is 58.7 Å². The van der Waals surface area contributed by atoms with Gasteiger partial charge in [0.25, 0.3) is 0 Å². The molecule has 1 aliphatic heterocycles. The van der Waals surface area contributed by atoms with Gasteiger partial charge in [0.15, 0.2) is 5.82 Å². The molecule has 0 bridgehead atoms. The molecule has 0 amide bonds. The van der Waals surface area contributed by atoms with Crippen LogP contribution in [0.25, 0.3) is 21.8 Å². The van der Waals surface area contributed by atoms with Gasteiger partial charge in [0.2, 0.25) is 0 Å². The summed E-state index contributed by atoms with van der Waals surface area (Å²) in [6.45, 7) is 2.43. The number of aromatic nitrogens is 2. The van der Waals surface area contributed by atoms with Gasteiger partial charge in [-0.25, -0.2) is 9.97 Å². The van der Waals surface area contributed by atoms with E-state index in [0.29, 0.717) is 11.4 Å². The van der Waals surface area contributed by atoms with Crippen molar-refractivity contribution in [1.82, 2.24) is 14.9 Å². The van der Waals surface area contributed by atoms with Crippen LogP contribution in [-0.2, 0) is 25.7 Å². The van der Waals surface area contributed by atoms with E-state index in [1.807, 2.05) is 18.2 Å². The Balaban J connectivity index is 1.28. The van der Waals surface area contributed by atoms with E-state index in [4.69, 9.17) is 4.74 Å². The maximum atomic E-state index is 12.8. The Morgan fingerprint density at radius 2 is 1.82 bits per heavy atom. The Morgan fingerprint density at radius 1 is 1.03 bits per heavy atom. The Bertz CT molecular complexity index is 1300. The minimum atomic E-state index is -4.35. The van der Waals surface area contributed by atoms with Crippen LogP contribution in [0.2, 0.25) is 0 Å². The Kier molecular flexibility index (Phi) is 6.10. The molecular weight excluding hydrogens is 459 g/mol. The van der Waals surface area contributed by atoms with E-state index >= 15 is 0 Å². The molecule has 0 aliphatic carbocycles. The molecule has 2 aromatic carbocycles. The molecule has 34 heavy (non-hydrogen) atoms. The fourth-order valence-electron chi connectivity index (χ4n) is 4.13. The lowest BCUT2D eigenvalue weighted by Crippen LogP contribution is -2.30. The van der Waals surface area contributed by atoms with Crippen LogP contribution in [-0.4, -0.2) is 28.5 Å². The van der Waals surface area contributed by atoms with Crippen molar-refractivity contribution in [1.29, 1.82) is 0 Å². The normalized spacial score (nSPS) is 14.1. The SMILES string of the molecule is COc1ccccc1-c1ccc(CN2CCc3nc(-c4ccc(C(F)(F)F)cc4)ncc3C2)s1. The van der Waals surface area contributed by atoms with Crippen molar-refractivity contribution in [3.05, 3.63) is 88.6 Å². The monoisotopic (exact) mass is 481 g/mol. The molecule has 4 nitrogen and oxygen atoms in total. The largest absolute Gasteiger partial charge is 0.496 e. The number of thiophene rings is 1. The summed E-state index contributed by atoms with van der Waals surface area (Å²) in [5.74, 6) is 1.32. The number of benzene rings is 2. The first-order valence-corrected chi connectivity index (χ1v) is 11.7. The van der Waals surface area contributed by atoms with Crippen molar-refractivity contribution in [2.24, 2.45) is 0 Å². The van der Waals surface area contributed by atoms with Gasteiger partial charge < -0.3 is 4.74 Å². The number of hydrogen-bond donors (Lipinski definition) is 0. The highest BCUT2D eigenvalue weighted by Gasteiger charge is 2.30. The van der Waals surface area contributed by atoms with Crippen LogP contribution >= 0.6 is 11.3 Å². The number of hydrogen-bond acceptors (Lipinski definition) is 5. The van der Waals surface area contributed by atoms with Crippen LogP contribution in [0.5, 0.6) is 5.75 Å². The van der Waals surface area contributed by atoms with Crippen LogP contribution in [0.1, 0.15) is 21.7 Å². The zero-order valence-electron chi connectivity index (χ0n) is 18.5. The highest BCUT2D eigenvalue weighted by Crippen LogP contribution is 2.35. The number of fused-ring (bicyclic) bond motifs is 1. The third kappa shape index (κ3) is 4.69. The lowest BCUT2D eigenvalue weighted by atomic mass is 10.1. The van der Waals surface area contributed by atoms with E-state index in [0.717, 1.165) is 60.8 Å². The van der Waals surface area contributed by atoms with Gasteiger partial charge in [-0.15, -0.1) is 11.3 Å². The van der Waals surface area contributed by atoms with E-state index in [1.54, 1.807) is 24.6 Å². The first-order valence-electron chi connectivity index (χ1n) is 10.9. The summed E-state index contributed by atoms with van der Waals surface area (Å²) >= 11 is 1.76. The van der Waals surface area contributed by atoms with Gasteiger partial charge in [-0.1, -0.05) is 24.3 Å². The van der Waals surface area contributed by atoms with Crippen LogP contribution in [0, 0.1) is 0 Å². The molecule has 3 heterocycles. The maximum Gasteiger partial charge on any atom is 0.416 e. The zero-order valence-corrected chi connectivity index (χ0v) is 19.3. The van der Waals surface area contributed by atoms with Crippen LogP contribution in [0.15, 0.2) is 66.9 Å². The van der Waals surface area contributed by atoms with Gasteiger partial charge >= 0.3 is 6.18 Å². The molecule has 0 spiro atoms. The number of nitrogens with zero attached hydrogens (tertiary/aromatic N) is 3. The summed E-state index contributed by atoms with van der Waals surface area (Å²) in [7, 11) is 1.68. The second-order valence-electron chi connectivity index (χ2n) is 8.17. The third-order valence-corrected chi connectivity index (χ3v) is 7.00. The molecule has 8 heteroatoms. The number of ether oxygens (including phenoxy) is 1. The Hall–Kier alpha value is -3.23. The fourth-order valence-corrected chi connectivity index (χ4v) is 5.21. The minimum absolute atomic E-state index is 0.459. The summed E-state index contributed by atoms with van der Waals surface area (Å²) in [4.78, 5) is 13.9. The summed E-state index contributed by atoms with van der Waals surface area (Å²) in [6, 6.07) is 17.3. The maximum absolute atomic E-state index is 12.8. The van der Waals surface area contributed by atoms with Crippen molar-refractivity contribution in [2.45, 2.75) is 25.7 Å². The van der Waals surface area contributed by atoms with E-state index in [2.05, 4.69) is 33.1 Å². The second-order valence-corrected chi connectivity index (χ2v) is 9.34. The van der Waals surface area contributed by atoms with E-state index in [9.17, 15) is 13.2 Å². The van der Waals surface area contributed by atoms with Gasteiger partial charge in [-0.2, -0.15) is 13.2 Å². The topological polar surface area (TPSA) is 38.2 Å². The second kappa shape index (κ2) is 9.19. The van der Waals surface area contributed by atoms with E-state index in [-0.39, 0.29) is 0 Å². The smallest absolute Gasteiger partial charge is 0.416 e. The lowest BCUT2D eigenvalue weighted by Gasteiger charge is -2.27. The van der Waals surface area contributed by atoms with Gasteiger partial charge in [0.1, 0.15) is 5.75 Å².